The standard InChI is InChI=1S/C22H26N2O3/c1-13(18-12-23-19-5-3-2-4-17(18)19)6-20(25)24-15-7-14-8-16(24)11-22(9-14,10-15)21(26)27/h2-5,12-16,23H,6-11H2,1H3,(H,26,27). The predicted octanol–water partition coefficient (Wildman–Crippen LogP) is 3.91. The van der Waals surface area contributed by atoms with Crippen LogP contribution in [0.2, 0.25) is 0 Å². The number of rotatable bonds is 4. The molecule has 4 fully saturated rings. The average Bonchev–Trinajstić information content (AvgIpc) is 3.05. The van der Waals surface area contributed by atoms with E-state index in [1.807, 2.05) is 18.3 Å². The van der Waals surface area contributed by atoms with Gasteiger partial charge in [0.15, 0.2) is 0 Å². The summed E-state index contributed by atoms with van der Waals surface area (Å²) in [6, 6.07) is 8.43. The van der Waals surface area contributed by atoms with E-state index in [-0.39, 0.29) is 23.9 Å². The Hall–Kier alpha value is -2.30. The largest absolute Gasteiger partial charge is 0.481 e. The van der Waals surface area contributed by atoms with Gasteiger partial charge in [0.05, 0.1) is 5.41 Å². The van der Waals surface area contributed by atoms with Gasteiger partial charge in [0, 0.05) is 35.6 Å². The number of carbonyl (C=O) groups excluding carboxylic acids is 1. The number of hydrogen-bond acceptors (Lipinski definition) is 2. The number of aromatic amines is 1. The molecule has 2 saturated carbocycles. The molecule has 2 N–H and O–H groups in total. The van der Waals surface area contributed by atoms with Crippen LogP contribution in [0.4, 0.5) is 0 Å². The highest BCUT2D eigenvalue weighted by molar-refractivity contribution is 5.85. The molecule has 27 heavy (non-hydrogen) atoms. The van der Waals surface area contributed by atoms with Crippen molar-refractivity contribution in [1.82, 2.24) is 9.88 Å². The fourth-order valence-corrected chi connectivity index (χ4v) is 6.27. The van der Waals surface area contributed by atoms with E-state index in [1.165, 1.54) is 10.9 Å². The van der Waals surface area contributed by atoms with Crippen molar-refractivity contribution in [3.8, 4) is 0 Å². The zero-order valence-electron chi connectivity index (χ0n) is 15.6. The summed E-state index contributed by atoms with van der Waals surface area (Å²) < 4.78 is 0. The van der Waals surface area contributed by atoms with Gasteiger partial charge in [-0.1, -0.05) is 25.1 Å². The van der Waals surface area contributed by atoms with Crippen LogP contribution in [0.1, 0.15) is 56.9 Å². The molecule has 3 unspecified atom stereocenters. The lowest BCUT2D eigenvalue weighted by Crippen LogP contribution is -2.65. The quantitative estimate of drug-likeness (QED) is 0.862. The van der Waals surface area contributed by atoms with Crippen LogP contribution < -0.4 is 0 Å². The minimum absolute atomic E-state index is 0.120. The van der Waals surface area contributed by atoms with Crippen molar-refractivity contribution in [2.45, 2.75) is 63.5 Å². The second kappa shape index (κ2) is 5.85. The molecule has 3 atom stereocenters. The smallest absolute Gasteiger partial charge is 0.309 e. The van der Waals surface area contributed by atoms with Crippen molar-refractivity contribution in [3.05, 3.63) is 36.0 Å². The van der Waals surface area contributed by atoms with Crippen LogP contribution in [0.25, 0.3) is 10.9 Å². The number of carbonyl (C=O) groups is 2. The number of amides is 1. The first kappa shape index (κ1) is 16.8. The van der Waals surface area contributed by atoms with Gasteiger partial charge >= 0.3 is 5.97 Å². The third-order valence-electron chi connectivity index (χ3n) is 7.30. The normalized spacial score (nSPS) is 32.8. The molecule has 1 aromatic heterocycles. The Morgan fingerprint density at radius 3 is 2.63 bits per heavy atom. The van der Waals surface area contributed by atoms with E-state index < -0.39 is 11.4 Å². The maximum Gasteiger partial charge on any atom is 0.309 e. The van der Waals surface area contributed by atoms with Gasteiger partial charge in [0.25, 0.3) is 0 Å². The van der Waals surface area contributed by atoms with Gasteiger partial charge in [-0.25, -0.2) is 0 Å². The monoisotopic (exact) mass is 366 g/mol. The topological polar surface area (TPSA) is 73.4 Å². The molecule has 5 heteroatoms. The van der Waals surface area contributed by atoms with Crippen molar-refractivity contribution < 1.29 is 14.7 Å². The Balaban J connectivity index is 1.35. The number of aromatic nitrogens is 1. The molecule has 2 saturated heterocycles. The molecule has 0 radical (unpaired) electrons. The van der Waals surface area contributed by atoms with Crippen LogP contribution in [0.5, 0.6) is 0 Å². The number of piperidine rings is 2. The van der Waals surface area contributed by atoms with Crippen molar-refractivity contribution in [3.63, 3.8) is 0 Å². The zero-order valence-corrected chi connectivity index (χ0v) is 15.6. The van der Waals surface area contributed by atoms with E-state index in [9.17, 15) is 14.7 Å². The summed E-state index contributed by atoms with van der Waals surface area (Å²) in [5.74, 6) is 0.163. The minimum atomic E-state index is -0.652. The summed E-state index contributed by atoms with van der Waals surface area (Å²) in [7, 11) is 0. The van der Waals surface area contributed by atoms with Crippen molar-refractivity contribution in [2.24, 2.45) is 11.3 Å². The number of H-pyrrole nitrogens is 1. The van der Waals surface area contributed by atoms with Gasteiger partial charge in [-0.2, -0.15) is 0 Å². The lowest BCUT2D eigenvalue weighted by atomic mass is 9.55. The highest BCUT2D eigenvalue weighted by Gasteiger charge is 2.58. The maximum atomic E-state index is 13.2. The van der Waals surface area contributed by atoms with Crippen molar-refractivity contribution in [2.75, 3.05) is 0 Å². The molecule has 0 spiro atoms. The van der Waals surface area contributed by atoms with Crippen LogP contribution in [-0.4, -0.2) is 39.0 Å². The van der Waals surface area contributed by atoms with Crippen molar-refractivity contribution in [1.29, 1.82) is 0 Å². The van der Waals surface area contributed by atoms with E-state index in [2.05, 4.69) is 28.9 Å². The SMILES string of the molecule is CC(CC(=O)N1C2CC3CC1CC(C(=O)O)(C3)C2)c1c[nH]c2ccccc12. The lowest BCUT2D eigenvalue weighted by molar-refractivity contribution is -0.178. The second-order valence-corrected chi connectivity index (χ2v) is 9.04. The fourth-order valence-electron chi connectivity index (χ4n) is 6.27. The molecule has 5 nitrogen and oxygen atoms in total. The zero-order chi connectivity index (χ0) is 18.8. The summed E-state index contributed by atoms with van der Waals surface area (Å²) in [5.41, 5.74) is 1.71. The number of hydrogen-bond donors (Lipinski definition) is 2. The first-order valence-electron chi connectivity index (χ1n) is 10.1. The van der Waals surface area contributed by atoms with Gasteiger partial charge in [0.2, 0.25) is 5.91 Å². The molecule has 142 valence electrons. The minimum Gasteiger partial charge on any atom is -0.481 e. The Morgan fingerprint density at radius 1 is 1.22 bits per heavy atom. The number of benzene rings is 1. The van der Waals surface area contributed by atoms with E-state index in [0.29, 0.717) is 25.2 Å². The number of para-hydroxylation sites is 1. The summed E-state index contributed by atoms with van der Waals surface area (Å²) in [4.78, 5) is 30.5. The van der Waals surface area contributed by atoms with E-state index in [4.69, 9.17) is 0 Å². The van der Waals surface area contributed by atoms with Crippen LogP contribution in [-0.2, 0) is 9.59 Å². The average molecular weight is 366 g/mol. The maximum absolute atomic E-state index is 13.2. The molecular weight excluding hydrogens is 340 g/mol. The molecule has 2 aliphatic carbocycles. The third-order valence-corrected chi connectivity index (χ3v) is 7.30. The highest BCUT2D eigenvalue weighted by Crippen LogP contribution is 2.56. The highest BCUT2D eigenvalue weighted by atomic mass is 16.4. The van der Waals surface area contributed by atoms with E-state index in [1.54, 1.807) is 0 Å². The summed E-state index contributed by atoms with van der Waals surface area (Å²) in [5, 5.41) is 11.0. The molecule has 2 aliphatic heterocycles. The molecule has 4 aliphatic rings. The number of carboxylic acid groups (broad SMARTS) is 1. The number of fused-ring (bicyclic) bond motifs is 1. The van der Waals surface area contributed by atoms with Gasteiger partial charge in [0.1, 0.15) is 0 Å². The van der Waals surface area contributed by atoms with E-state index in [0.717, 1.165) is 24.8 Å². The molecular formula is C22H26N2O3. The Morgan fingerprint density at radius 2 is 1.93 bits per heavy atom. The van der Waals surface area contributed by atoms with Gasteiger partial charge < -0.3 is 15.0 Å². The number of aliphatic carboxylic acids is 1. The first-order chi connectivity index (χ1) is 13.0. The molecule has 2 aromatic rings. The summed E-state index contributed by atoms with van der Waals surface area (Å²) >= 11 is 0. The molecule has 3 heterocycles. The third kappa shape index (κ3) is 2.51. The Labute approximate surface area is 158 Å². The first-order valence-corrected chi connectivity index (χ1v) is 10.1. The molecule has 1 aromatic carbocycles. The number of carboxylic acids is 1. The molecule has 6 rings (SSSR count). The van der Waals surface area contributed by atoms with Gasteiger partial charge in [-0.15, -0.1) is 0 Å². The molecule has 4 bridgehead atoms. The summed E-state index contributed by atoms with van der Waals surface area (Å²) in [6.07, 6.45) is 6.57. The van der Waals surface area contributed by atoms with Crippen molar-refractivity contribution >= 4 is 22.8 Å². The molecule has 1 amide bonds. The second-order valence-electron chi connectivity index (χ2n) is 9.04. The van der Waals surface area contributed by atoms with E-state index >= 15 is 0 Å². The fraction of sp³-hybridized carbons (Fsp3) is 0.545. The summed E-state index contributed by atoms with van der Waals surface area (Å²) in [6.45, 7) is 2.11. The van der Waals surface area contributed by atoms with Crippen LogP contribution >= 0.6 is 0 Å². The van der Waals surface area contributed by atoms with Crippen LogP contribution in [0.3, 0.4) is 0 Å². The van der Waals surface area contributed by atoms with Gasteiger partial charge in [-0.3, -0.25) is 9.59 Å². The Bertz CT molecular complexity index is 901. The number of nitrogens with one attached hydrogen (secondary N) is 1. The number of nitrogens with zero attached hydrogens (tertiary/aromatic N) is 1. The van der Waals surface area contributed by atoms with Gasteiger partial charge in [-0.05, 0) is 55.6 Å². The predicted molar refractivity (Wildman–Crippen MR) is 102 cm³/mol. The van der Waals surface area contributed by atoms with Crippen LogP contribution in [0.15, 0.2) is 30.5 Å². The van der Waals surface area contributed by atoms with Crippen LogP contribution in [0, 0.1) is 11.3 Å². The Kier molecular flexibility index (Phi) is 3.65. The lowest BCUT2D eigenvalue weighted by Gasteiger charge is -2.60.